The van der Waals surface area contributed by atoms with Crippen LogP contribution in [0.2, 0.25) is 5.02 Å². The predicted octanol–water partition coefficient (Wildman–Crippen LogP) is 3.38. The molecule has 0 aliphatic carbocycles. The van der Waals surface area contributed by atoms with Crippen molar-refractivity contribution in [2.45, 2.75) is 25.9 Å². The minimum absolute atomic E-state index is 0.211. The van der Waals surface area contributed by atoms with Crippen LogP contribution in [0.15, 0.2) is 48.5 Å². The number of ether oxygens (including phenoxy) is 1. The Bertz CT molecular complexity index is 903. The summed E-state index contributed by atoms with van der Waals surface area (Å²) in [4.78, 5) is 12.8. The lowest BCUT2D eigenvalue weighted by molar-refractivity contribution is -0.122. The van der Waals surface area contributed by atoms with E-state index in [1.54, 1.807) is 12.1 Å². The van der Waals surface area contributed by atoms with Crippen LogP contribution >= 0.6 is 11.6 Å². The van der Waals surface area contributed by atoms with Crippen molar-refractivity contribution in [2.75, 3.05) is 17.7 Å². The average molecular weight is 411 g/mol. The van der Waals surface area contributed by atoms with Crippen molar-refractivity contribution in [3.63, 3.8) is 0 Å². The van der Waals surface area contributed by atoms with E-state index in [2.05, 4.69) is 5.32 Å². The summed E-state index contributed by atoms with van der Waals surface area (Å²) in [6, 6.07) is 12.8. The summed E-state index contributed by atoms with van der Waals surface area (Å²) in [5, 5.41) is 3.19. The van der Waals surface area contributed by atoms with Crippen molar-refractivity contribution in [1.82, 2.24) is 5.32 Å². The summed E-state index contributed by atoms with van der Waals surface area (Å²) in [6.45, 7) is 3.36. The lowest BCUT2D eigenvalue weighted by Gasteiger charge is -2.30. The monoisotopic (exact) mass is 410 g/mol. The molecule has 0 bridgehead atoms. The number of benzene rings is 2. The third-order valence-electron chi connectivity index (χ3n) is 4.13. The lowest BCUT2D eigenvalue weighted by Crippen LogP contribution is -2.48. The van der Waals surface area contributed by atoms with Crippen LogP contribution < -0.4 is 14.4 Å². The fourth-order valence-electron chi connectivity index (χ4n) is 2.78. The van der Waals surface area contributed by atoms with Gasteiger partial charge in [-0.05, 0) is 37.6 Å². The van der Waals surface area contributed by atoms with Crippen molar-refractivity contribution in [3.05, 3.63) is 59.1 Å². The number of carbonyl (C=O) groups excluding carboxylic acids is 1. The summed E-state index contributed by atoms with van der Waals surface area (Å²) >= 11 is 6.04. The number of anilines is 1. The Morgan fingerprint density at radius 1 is 1.15 bits per heavy atom. The lowest BCUT2D eigenvalue weighted by atomic mass is 10.1. The van der Waals surface area contributed by atoms with E-state index in [9.17, 15) is 13.2 Å². The molecule has 6 nitrogen and oxygen atoms in total. The SMILES string of the molecule is COc1ccc(Cl)cc1N(C(C)C(=O)N[C@H](C)c1ccccc1)S(C)(=O)=O. The van der Waals surface area contributed by atoms with Gasteiger partial charge in [-0.3, -0.25) is 9.10 Å². The first kappa shape index (κ1) is 21.1. The number of methoxy groups -OCH3 is 1. The van der Waals surface area contributed by atoms with Gasteiger partial charge in [-0.1, -0.05) is 41.9 Å². The average Bonchev–Trinajstić information content (AvgIpc) is 2.61. The normalized spacial score (nSPS) is 13.5. The second kappa shape index (κ2) is 8.63. The molecule has 27 heavy (non-hydrogen) atoms. The molecule has 0 radical (unpaired) electrons. The largest absolute Gasteiger partial charge is 0.495 e. The van der Waals surface area contributed by atoms with Crippen molar-refractivity contribution in [3.8, 4) is 5.75 Å². The maximum Gasteiger partial charge on any atom is 0.244 e. The quantitative estimate of drug-likeness (QED) is 0.759. The molecule has 0 spiro atoms. The molecule has 0 aliphatic heterocycles. The molecule has 0 fully saturated rings. The van der Waals surface area contributed by atoms with E-state index in [4.69, 9.17) is 16.3 Å². The maximum absolute atomic E-state index is 12.8. The highest BCUT2D eigenvalue weighted by Gasteiger charge is 2.32. The number of hydrogen-bond donors (Lipinski definition) is 1. The number of nitrogens with one attached hydrogen (secondary N) is 1. The smallest absolute Gasteiger partial charge is 0.244 e. The molecule has 8 heteroatoms. The zero-order valence-corrected chi connectivity index (χ0v) is 17.2. The molecule has 1 unspecified atom stereocenters. The second-order valence-corrected chi connectivity index (χ2v) is 8.49. The molecular weight excluding hydrogens is 388 g/mol. The number of hydrogen-bond acceptors (Lipinski definition) is 4. The van der Waals surface area contributed by atoms with Gasteiger partial charge in [0.1, 0.15) is 11.8 Å². The molecule has 2 atom stereocenters. The van der Waals surface area contributed by atoms with Gasteiger partial charge in [-0.2, -0.15) is 0 Å². The molecule has 0 aromatic heterocycles. The highest BCUT2D eigenvalue weighted by atomic mass is 35.5. The summed E-state index contributed by atoms with van der Waals surface area (Å²) < 4.78 is 31.2. The Hall–Kier alpha value is -2.25. The summed E-state index contributed by atoms with van der Waals surface area (Å²) in [5.74, 6) is -0.126. The molecule has 0 saturated heterocycles. The molecule has 1 amide bonds. The van der Waals surface area contributed by atoms with Gasteiger partial charge in [0.2, 0.25) is 15.9 Å². The van der Waals surface area contributed by atoms with E-state index in [-0.39, 0.29) is 11.7 Å². The van der Waals surface area contributed by atoms with Crippen molar-refractivity contribution in [1.29, 1.82) is 0 Å². The van der Waals surface area contributed by atoms with Crippen LogP contribution in [0.4, 0.5) is 5.69 Å². The number of carbonyl (C=O) groups is 1. The van der Waals surface area contributed by atoms with E-state index in [1.165, 1.54) is 20.1 Å². The number of halogens is 1. The Balaban J connectivity index is 2.35. The molecule has 1 N–H and O–H groups in total. The molecular formula is C19H23ClN2O4S. The first-order valence-electron chi connectivity index (χ1n) is 8.33. The van der Waals surface area contributed by atoms with Crippen LogP contribution in [0.25, 0.3) is 0 Å². The Morgan fingerprint density at radius 2 is 1.78 bits per heavy atom. The first-order valence-corrected chi connectivity index (χ1v) is 10.6. The van der Waals surface area contributed by atoms with Crippen LogP contribution in [0.3, 0.4) is 0 Å². The van der Waals surface area contributed by atoms with E-state index < -0.39 is 22.0 Å². The van der Waals surface area contributed by atoms with Crippen LogP contribution in [0.1, 0.15) is 25.5 Å². The van der Waals surface area contributed by atoms with Gasteiger partial charge in [0.15, 0.2) is 0 Å². The van der Waals surface area contributed by atoms with Crippen molar-refractivity contribution >= 4 is 33.2 Å². The molecule has 146 valence electrons. The van der Waals surface area contributed by atoms with Crippen LogP contribution in [0, 0.1) is 0 Å². The molecule has 2 aromatic rings. The molecule has 2 aromatic carbocycles. The fraction of sp³-hybridized carbons (Fsp3) is 0.316. The van der Waals surface area contributed by atoms with E-state index in [0.717, 1.165) is 16.1 Å². The van der Waals surface area contributed by atoms with Crippen molar-refractivity contribution < 1.29 is 17.9 Å². The van der Waals surface area contributed by atoms with Gasteiger partial charge in [-0.25, -0.2) is 8.42 Å². The molecule has 0 aliphatic rings. The standard InChI is InChI=1S/C19H23ClN2O4S/c1-13(15-8-6-5-7-9-15)21-19(23)14(2)22(27(4,24)25)17-12-16(20)10-11-18(17)26-3/h5-14H,1-4H3,(H,21,23)/t13-,14?/m1/s1. The Kier molecular flexibility index (Phi) is 6.73. The van der Waals surface area contributed by atoms with Crippen LogP contribution in [-0.2, 0) is 14.8 Å². The maximum atomic E-state index is 12.8. The van der Waals surface area contributed by atoms with Gasteiger partial charge in [0.25, 0.3) is 0 Å². The van der Waals surface area contributed by atoms with Gasteiger partial charge in [0, 0.05) is 5.02 Å². The summed E-state index contributed by atoms with van der Waals surface area (Å²) in [5.41, 5.74) is 1.13. The minimum Gasteiger partial charge on any atom is -0.495 e. The summed E-state index contributed by atoms with van der Waals surface area (Å²) in [7, 11) is -2.35. The molecule has 0 heterocycles. The van der Waals surface area contributed by atoms with Crippen LogP contribution in [-0.4, -0.2) is 33.7 Å². The van der Waals surface area contributed by atoms with Crippen molar-refractivity contribution in [2.24, 2.45) is 0 Å². The third kappa shape index (κ3) is 5.14. The molecule has 2 rings (SSSR count). The Labute approximate surface area is 165 Å². The van der Waals surface area contributed by atoms with E-state index in [1.807, 2.05) is 37.3 Å². The number of sulfonamides is 1. The predicted molar refractivity (Wildman–Crippen MR) is 108 cm³/mol. The van der Waals surface area contributed by atoms with E-state index in [0.29, 0.717) is 10.8 Å². The zero-order valence-electron chi connectivity index (χ0n) is 15.6. The van der Waals surface area contributed by atoms with Crippen LogP contribution in [0.5, 0.6) is 5.75 Å². The Morgan fingerprint density at radius 3 is 2.33 bits per heavy atom. The fourth-order valence-corrected chi connectivity index (χ4v) is 4.11. The highest BCUT2D eigenvalue weighted by molar-refractivity contribution is 7.92. The summed E-state index contributed by atoms with van der Waals surface area (Å²) in [6.07, 6.45) is 1.04. The first-order chi connectivity index (χ1) is 12.6. The van der Waals surface area contributed by atoms with E-state index >= 15 is 0 Å². The minimum atomic E-state index is -3.78. The zero-order chi connectivity index (χ0) is 20.2. The van der Waals surface area contributed by atoms with Gasteiger partial charge in [-0.15, -0.1) is 0 Å². The van der Waals surface area contributed by atoms with Gasteiger partial charge in [0.05, 0.1) is 25.1 Å². The number of nitrogens with zero attached hydrogens (tertiary/aromatic N) is 1. The number of rotatable bonds is 7. The molecule has 0 saturated carbocycles. The van der Waals surface area contributed by atoms with Gasteiger partial charge >= 0.3 is 0 Å². The topological polar surface area (TPSA) is 75.7 Å². The van der Waals surface area contributed by atoms with Gasteiger partial charge < -0.3 is 10.1 Å². The highest BCUT2D eigenvalue weighted by Crippen LogP contribution is 2.34. The second-order valence-electron chi connectivity index (χ2n) is 6.19. The third-order valence-corrected chi connectivity index (χ3v) is 5.59. The number of amides is 1.